The van der Waals surface area contributed by atoms with Crippen molar-refractivity contribution in [1.29, 1.82) is 0 Å². The molecule has 2 nitrogen and oxygen atoms in total. The average molecular weight is 357 g/mol. The lowest BCUT2D eigenvalue weighted by Gasteiger charge is -2.29. The minimum atomic E-state index is -0.454. The Hall–Kier alpha value is -0.610. The van der Waals surface area contributed by atoms with Crippen LogP contribution in [0.5, 0.6) is 0 Å². The molecule has 2 atom stereocenters. The Balaban J connectivity index is 0.00000147. The second kappa shape index (κ2) is 6.90. The van der Waals surface area contributed by atoms with Crippen molar-refractivity contribution in [2.24, 2.45) is 0 Å². The van der Waals surface area contributed by atoms with E-state index in [1.165, 1.54) is 12.8 Å². The number of piperidine rings is 1. The zero-order valence-electron chi connectivity index (χ0n) is 11.2. The molecule has 2 unspecified atom stereocenters. The van der Waals surface area contributed by atoms with E-state index < -0.39 is 6.10 Å². The summed E-state index contributed by atoms with van der Waals surface area (Å²) in [5, 5.41) is 16.9. The van der Waals surface area contributed by atoms with Gasteiger partial charge in [0.15, 0.2) is 0 Å². The smallest absolute Gasteiger partial charge is 0.0948 e. The van der Waals surface area contributed by atoms with E-state index in [1.54, 1.807) is 0 Å². The second-order valence-corrected chi connectivity index (χ2v) is 5.65. The normalized spacial score (nSPS) is 20.4. The number of aliphatic hydroxyl groups excluding tert-OH is 1. The molecule has 108 valence electrons. The molecule has 0 spiro atoms. The third kappa shape index (κ3) is 3.17. The molecule has 2 aromatic rings. The van der Waals surface area contributed by atoms with Crippen LogP contribution in [-0.4, -0.2) is 17.7 Å². The molecule has 1 aliphatic rings. The molecule has 20 heavy (non-hydrogen) atoms. The minimum Gasteiger partial charge on any atom is -0.387 e. The van der Waals surface area contributed by atoms with Crippen LogP contribution in [0.1, 0.15) is 30.9 Å². The predicted molar refractivity (Wildman–Crippen MR) is 89.9 cm³/mol. The Morgan fingerprint density at radius 2 is 2.05 bits per heavy atom. The van der Waals surface area contributed by atoms with Crippen molar-refractivity contribution in [3.8, 4) is 0 Å². The molecule has 0 amide bonds. The summed E-state index contributed by atoms with van der Waals surface area (Å²) in [7, 11) is 0. The zero-order chi connectivity index (χ0) is 13.2. The first-order valence-electron chi connectivity index (χ1n) is 6.85. The summed E-state index contributed by atoms with van der Waals surface area (Å²) in [4.78, 5) is 0. The van der Waals surface area contributed by atoms with Gasteiger partial charge < -0.3 is 10.4 Å². The van der Waals surface area contributed by atoms with Crippen LogP contribution < -0.4 is 5.32 Å². The number of hydrogen-bond acceptors (Lipinski definition) is 2. The highest BCUT2D eigenvalue weighted by Crippen LogP contribution is 2.30. The first-order chi connectivity index (χ1) is 9.25. The van der Waals surface area contributed by atoms with Gasteiger partial charge in [-0.3, -0.25) is 0 Å². The monoisotopic (exact) mass is 355 g/mol. The van der Waals surface area contributed by atoms with Crippen LogP contribution in [0.4, 0.5) is 0 Å². The maximum atomic E-state index is 10.6. The molecule has 1 fully saturated rings. The second-order valence-electron chi connectivity index (χ2n) is 5.21. The fourth-order valence-corrected chi connectivity index (χ4v) is 3.08. The van der Waals surface area contributed by atoms with Gasteiger partial charge in [0.25, 0.3) is 0 Å². The molecule has 4 heteroatoms. The Morgan fingerprint density at radius 3 is 2.80 bits per heavy atom. The Bertz CT molecular complexity index is 584. The molecule has 0 saturated carbocycles. The topological polar surface area (TPSA) is 32.3 Å². The number of rotatable bonds is 2. The number of benzene rings is 2. The fourth-order valence-electron chi connectivity index (χ4n) is 2.90. The van der Waals surface area contributed by atoms with Crippen molar-refractivity contribution >= 4 is 39.4 Å². The third-order valence-electron chi connectivity index (χ3n) is 3.92. The van der Waals surface area contributed by atoms with E-state index >= 15 is 0 Å². The number of aliphatic hydroxyl groups is 1. The van der Waals surface area contributed by atoms with Gasteiger partial charge in [0.2, 0.25) is 0 Å². The number of hydrogen-bond donors (Lipinski definition) is 2. The average Bonchev–Trinajstić information content (AvgIpc) is 2.46. The first kappa shape index (κ1) is 15.8. The summed E-state index contributed by atoms with van der Waals surface area (Å²) in [5.74, 6) is 0. The van der Waals surface area contributed by atoms with Crippen molar-refractivity contribution in [2.45, 2.75) is 31.4 Å². The van der Waals surface area contributed by atoms with Gasteiger partial charge >= 0.3 is 0 Å². The van der Waals surface area contributed by atoms with Gasteiger partial charge in [-0.05, 0) is 47.9 Å². The molecular weight excluding hydrogens is 338 g/mol. The number of nitrogens with one attached hydrogen (secondary N) is 1. The van der Waals surface area contributed by atoms with Gasteiger partial charge in [-0.25, -0.2) is 0 Å². The molecule has 3 rings (SSSR count). The molecule has 1 aliphatic heterocycles. The largest absolute Gasteiger partial charge is 0.387 e. The van der Waals surface area contributed by atoms with Gasteiger partial charge in [-0.2, -0.15) is 0 Å². The Morgan fingerprint density at radius 1 is 1.20 bits per heavy atom. The lowest BCUT2D eigenvalue weighted by molar-refractivity contribution is 0.115. The van der Waals surface area contributed by atoms with E-state index in [-0.39, 0.29) is 23.0 Å². The first-order valence-corrected chi connectivity index (χ1v) is 7.23. The summed E-state index contributed by atoms with van der Waals surface area (Å²) >= 11 is 6.02. The van der Waals surface area contributed by atoms with Crippen LogP contribution in [0.2, 0.25) is 5.02 Å². The predicted octanol–water partition coefficient (Wildman–Crippen LogP) is 4.25. The van der Waals surface area contributed by atoms with Crippen LogP contribution >= 0.6 is 28.6 Å². The van der Waals surface area contributed by atoms with Crippen molar-refractivity contribution in [1.82, 2.24) is 5.32 Å². The molecule has 1 saturated heterocycles. The molecule has 0 bridgehead atoms. The van der Waals surface area contributed by atoms with E-state index in [0.717, 1.165) is 34.3 Å². The highest BCUT2D eigenvalue weighted by atomic mass is 79.9. The molecule has 1 heterocycles. The molecule has 0 radical (unpaired) electrons. The van der Waals surface area contributed by atoms with E-state index in [4.69, 9.17) is 11.6 Å². The summed E-state index contributed by atoms with van der Waals surface area (Å²) < 4.78 is 0. The third-order valence-corrected chi connectivity index (χ3v) is 4.16. The van der Waals surface area contributed by atoms with Crippen LogP contribution in [0, 0.1) is 0 Å². The van der Waals surface area contributed by atoms with Gasteiger partial charge in [-0.1, -0.05) is 42.3 Å². The number of halogens is 2. The van der Waals surface area contributed by atoms with Crippen molar-refractivity contribution in [3.63, 3.8) is 0 Å². The van der Waals surface area contributed by atoms with Crippen LogP contribution in [0.15, 0.2) is 36.4 Å². The van der Waals surface area contributed by atoms with Crippen LogP contribution in [0.25, 0.3) is 10.8 Å². The molecular formula is C16H19BrClNO. The highest BCUT2D eigenvalue weighted by Gasteiger charge is 2.23. The maximum absolute atomic E-state index is 10.6. The standard InChI is InChI=1S/C16H18ClNO.BrH/c17-12-7-8-13-11(10-12)4-3-5-14(13)16(19)15-6-1-2-9-18-15;/h3-5,7-8,10,15-16,18-19H,1-2,6,9H2;1H. The van der Waals surface area contributed by atoms with Crippen LogP contribution in [0.3, 0.4) is 0 Å². The summed E-state index contributed by atoms with van der Waals surface area (Å²) in [5.41, 5.74) is 0.994. The Labute approximate surface area is 134 Å². The molecule has 2 N–H and O–H groups in total. The van der Waals surface area contributed by atoms with Crippen molar-refractivity contribution < 1.29 is 5.11 Å². The maximum Gasteiger partial charge on any atom is 0.0948 e. The Kier molecular flexibility index (Phi) is 5.44. The summed E-state index contributed by atoms with van der Waals surface area (Å²) in [6, 6.07) is 12.0. The van der Waals surface area contributed by atoms with E-state index in [2.05, 4.69) is 5.32 Å². The van der Waals surface area contributed by atoms with Crippen molar-refractivity contribution in [2.75, 3.05) is 6.54 Å². The highest BCUT2D eigenvalue weighted by molar-refractivity contribution is 8.93. The molecule has 0 aromatic heterocycles. The van der Waals surface area contributed by atoms with E-state index in [9.17, 15) is 5.11 Å². The minimum absolute atomic E-state index is 0. The molecule has 0 aliphatic carbocycles. The summed E-state index contributed by atoms with van der Waals surface area (Å²) in [6.45, 7) is 0.998. The van der Waals surface area contributed by atoms with Crippen molar-refractivity contribution in [3.05, 3.63) is 47.0 Å². The van der Waals surface area contributed by atoms with Crippen LogP contribution in [-0.2, 0) is 0 Å². The van der Waals surface area contributed by atoms with E-state index in [0.29, 0.717) is 0 Å². The van der Waals surface area contributed by atoms with Gasteiger partial charge in [0.1, 0.15) is 0 Å². The quantitative estimate of drug-likeness (QED) is 0.843. The number of fused-ring (bicyclic) bond motifs is 1. The SMILES string of the molecule is Br.OC(c1cccc2cc(Cl)ccc12)C1CCCCN1. The zero-order valence-corrected chi connectivity index (χ0v) is 13.6. The molecule has 2 aromatic carbocycles. The summed E-state index contributed by atoms with van der Waals surface area (Å²) in [6.07, 6.45) is 2.97. The van der Waals surface area contributed by atoms with Gasteiger partial charge in [0.05, 0.1) is 6.10 Å². The van der Waals surface area contributed by atoms with Gasteiger partial charge in [-0.15, -0.1) is 17.0 Å². The lowest BCUT2D eigenvalue weighted by Crippen LogP contribution is -2.38. The fraction of sp³-hybridized carbons (Fsp3) is 0.375. The van der Waals surface area contributed by atoms with E-state index in [1.807, 2.05) is 36.4 Å². The lowest BCUT2D eigenvalue weighted by atomic mass is 9.92. The van der Waals surface area contributed by atoms with Gasteiger partial charge in [0, 0.05) is 11.1 Å².